The molecule has 0 aliphatic carbocycles. The number of hydrogen-bond acceptors (Lipinski definition) is 4. The first-order valence-electron chi connectivity index (χ1n) is 5.32. The topological polar surface area (TPSA) is 70.0 Å². The predicted octanol–water partition coefficient (Wildman–Crippen LogP) is 4.14. The minimum Gasteiger partial charge on any atom is -0.278 e. The van der Waals surface area contributed by atoms with Crippen LogP contribution in [0.3, 0.4) is 0 Å². The molecule has 20 heavy (non-hydrogen) atoms. The monoisotopic (exact) mass is 390 g/mol. The zero-order valence-electron chi connectivity index (χ0n) is 10.1. The predicted molar refractivity (Wildman–Crippen MR) is 83.7 cm³/mol. The molecule has 2 aromatic rings. The molecule has 4 nitrogen and oxygen atoms in total. The average molecular weight is 392 g/mol. The first kappa shape index (κ1) is 15.3. The molecule has 0 atom stereocenters. The van der Waals surface area contributed by atoms with Gasteiger partial charge in [-0.1, -0.05) is 11.6 Å². The summed E-state index contributed by atoms with van der Waals surface area (Å²) in [4.78, 5) is 0.879. The lowest BCUT2D eigenvalue weighted by Gasteiger charge is -2.09. The third kappa shape index (κ3) is 3.15. The number of nitriles is 1. The number of thiophene rings is 1. The first-order chi connectivity index (χ1) is 9.33. The molecule has 0 amide bonds. The molecule has 8 heteroatoms. The Labute approximate surface area is 134 Å². The Balaban J connectivity index is 2.39. The number of nitrogens with zero attached hydrogens (tertiary/aromatic N) is 1. The summed E-state index contributed by atoms with van der Waals surface area (Å²) in [5.41, 5.74) is 0.611. The summed E-state index contributed by atoms with van der Waals surface area (Å²) in [6.07, 6.45) is 0. The van der Waals surface area contributed by atoms with Crippen molar-refractivity contribution in [2.24, 2.45) is 0 Å². The Morgan fingerprint density at radius 1 is 1.40 bits per heavy atom. The van der Waals surface area contributed by atoms with Crippen molar-refractivity contribution in [2.45, 2.75) is 11.8 Å². The number of anilines is 1. The number of aryl methyl sites for hydroxylation is 1. The molecule has 0 bridgehead atoms. The first-order valence-corrected chi connectivity index (χ1v) is 8.79. The SMILES string of the molecule is Cc1sc(Br)cc1S(=O)(=O)Nc1ccc(C#N)cc1Cl. The molecule has 2 rings (SSSR count). The average Bonchev–Trinajstić information content (AvgIpc) is 2.71. The lowest BCUT2D eigenvalue weighted by molar-refractivity contribution is 0.601. The molecule has 0 fully saturated rings. The van der Waals surface area contributed by atoms with Crippen LogP contribution in [0, 0.1) is 18.3 Å². The van der Waals surface area contributed by atoms with E-state index in [2.05, 4.69) is 20.7 Å². The Kier molecular flexibility index (Phi) is 4.39. The Morgan fingerprint density at radius 3 is 2.60 bits per heavy atom. The van der Waals surface area contributed by atoms with E-state index < -0.39 is 10.0 Å². The number of rotatable bonds is 3. The van der Waals surface area contributed by atoms with E-state index in [1.54, 1.807) is 13.0 Å². The third-order valence-corrected chi connectivity index (χ3v) is 5.96. The minimum atomic E-state index is -3.70. The number of sulfonamides is 1. The van der Waals surface area contributed by atoms with Crippen molar-refractivity contribution in [2.75, 3.05) is 4.72 Å². The van der Waals surface area contributed by atoms with Gasteiger partial charge in [0, 0.05) is 4.88 Å². The van der Waals surface area contributed by atoms with Crippen LogP contribution in [0.1, 0.15) is 10.4 Å². The van der Waals surface area contributed by atoms with Gasteiger partial charge in [0.1, 0.15) is 4.90 Å². The lowest BCUT2D eigenvalue weighted by atomic mass is 10.2. The van der Waals surface area contributed by atoms with Crippen molar-refractivity contribution in [1.82, 2.24) is 0 Å². The summed E-state index contributed by atoms with van der Waals surface area (Å²) < 4.78 is 27.7. The van der Waals surface area contributed by atoms with E-state index in [-0.39, 0.29) is 15.6 Å². The van der Waals surface area contributed by atoms with Gasteiger partial charge in [-0.2, -0.15) is 5.26 Å². The van der Waals surface area contributed by atoms with Gasteiger partial charge in [0.15, 0.2) is 0 Å². The second-order valence-electron chi connectivity index (χ2n) is 3.88. The number of benzene rings is 1. The molecule has 104 valence electrons. The summed E-state index contributed by atoms with van der Waals surface area (Å²) in [5, 5.41) is 8.93. The van der Waals surface area contributed by atoms with Crippen molar-refractivity contribution in [3.05, 3.63) is 43.5 Å². The van der Waals surface area contributed by atoms with Crippen LogP contribution in [-0.2, 0) is 10.0 Å². The van der Waals surface area contributed by atoms with Crippen LogP contribution >= 0.6 is 38.9 Å². The number of halogens is 2. The highest BCUT2D eigenvalue weighted by molar-refractivity contribution is 9.11. The van der Waals surface area contributed by atoms with Crippen LogP contribution in [0.5, 0.6) is 0 Å². The van der Waals surface area contributed by atoms with Gasteiger partial charge in [-0.05, 0) is 47.1 Å². The van der Waals surface area contributed by atoms with Gasteiger partial charge in [-0.3, -0.25) is 4.72 Å². The highest BCUT2D eigenvalue weighted by Gasteiger charge is 2.20. The van der Waals surface area contributed by atoms with Gasteiger partial charge in [0.25, 0.3) is 10.0 Å². The molecule has 0 saturated heterocycles. The van der Waals surface area contributed by atoms with Gasteiger partial charge in [0.2, 0.25) is 0 Å². The second-order valence-corrected chi connectivity index (χ2v) is 8.58. The van der Waals surface area contributed by atoms with Crippen molar-refractivity contribution >= 4 is 54.6 Å². The van der Waals surface area contributed by atoms with Crippen LogP contribution in [0.2, 0.25) is 5.02 Å². The molecule has 0 saturated carbocycles. The highest BCUT2D eigenvalue weighted by atomic mass is 79.9. The third-order valence-electron chi connectivity index (χ3n) is 2.47. The lowest BCUT2D eigenvalue weighted by Crippen LogP contribution is -2.13. The Bertz CT molecular complexity index is 809. The van der Waals surface area contributed by atoms with Crippen molar-refractivity contribution < 1.29 is 8.42 Å². The second kappa shape index (κ2) is 5.74. The van der Waals surface area contributed by atoms with E-state index in [1.165, 1.54) is 29.5 Å². The standard InChI is InChI=1S/C12H8BrClN2O2S2/c1-7-11(5-12(13)19-7)20(17,18)16-10-3-2-8(6-15)4-9(10)14/h2-5,16H,1H3. The van der Waals surface area contributed by atoms with Crippen molar-refractivity contribution in [1.29, 1.82) is 5.26 Å². The maximum atomic E-state index is 12.3. The molecule has 0 unspecified atom stereocenters. The zero-order chi connectivity index (χ0) is 14.9. The summed E-state index contributed by atoms with van der Waals surface area (Å²) >= 11 is 10.6. The zero-order valence-corrected chi connectivity index (χ0v) is 14.1. The van der Waals surface area contributed by atoms with E-state index in [4.69, 9.17) is 16.9 Å². The van der Waals surface area contributed by atoms with Gasteiger partial charge in [0.05, 0.1) is 26.1 Å². The van der Waals surface area contributed by atoms with Crippen LogP contribution in [0.25, 0.3) is 0 Å². The summed E-state index contributed by atoms with van der Waals surface area (Å²) in [5.74, 6) is 0. The quantitative estimate of drug-likeness (QED) is 0.854. The molecule has 0 radical (unpaired) electrons. The highest BCUT2D eigenvalue weighted by Crippen LogP contribution is 2.32. The smallest absolute Gasteiger partial charge is 0.263 e. The molecule has 1 aromatic heterocycles. The van der Waals surface area contributed by atoms with Crippen molar-refractivity contribution in [3.8, 4) is 6.07 Å². The molecule has 1 N–H and O–H groups in total. The van der Waals surface area contributed by atoms with E-state index >= 15 is 0 Å². The van der Waals surface area contributed by atoms with Crippen molar-refractivity contribution in [3.63, 3.8) is 0 Å². The van der Waals surface area contributed by atoms with Crippen LogP contribution in [0.15, 0.2) is 32.9 Å². The maximum absolute atomic E-state index is 12.3. The minimum absolute atomic E-state index is 0.180. The van der Waals surface area contributed by atoms with Crippen LogP contribution in [0.4, 0.5) is 5.69 Å². The normalized spacial score (nSPS) is 11.1. The fraction of sp³-hybridized carbons (Fsp3) is 0.0833. The molecule has 1 heterocycles. The molecule has 0 aliphatic rings. The van der Waals surface area contributed by atoms with E-state index in [1.807, 2.05) is 6.07 Å². The summed E-state index contributed by atoms with van der Waals surface area (Å²) in [6, 6.07) is 7.86. The molecule has 0 aliphatic heterocycles. The fourth-order valence-corrected chi connectivity index (χ4v) is 5.34. The van der Waals surface area contributed by atoms with Crippen LogP contribution < -0.4 is 4.72 Å². The summed E-state index contributed by atoms with van der Waals surface area (Å²) in [6.45, 7) is 1.73. The number of nitrogens with one attached hydrogen (secondary N) is 1. The summed E-state index contributed by atoms with van der Waals surface area (Å²) in [7, 11) is -3.70. The van der Waals surface area contributed by atoms with Gasteiger partial charge in [-0.25, -0.2) is 8.42 Å². The largest absolute Gasteiger partial charge is 0.278 e. The molecule has 1 aromatic carbocycles. The Morgan fingerprint density at radius 2 is 2.10 bits per heavy atom. The molecular formula is C12H8BrClN2O2S2. The van der Waals surface area contributed by atoms with E-state index in [9.17, 15) is 8.42 Å². The van der Waals surface area contributed by atoms with Crippen LogP contribution in [-0.4, -0.2) is 8.42 Å². The molecule has 0 spiro atoms. The van der Waals surface area contributed by atoms with Gasteiger partial charge < -0.3 is 0 Å². The Hall–Kier alpha value is -1.07. The van der Waals surface area contributed by atoms with Gasteiger partial charge in [-0.15, -0.1) is 11.3 Å². The number of hydrogen-bond donors (Lipinski definition) is 1. The maximum Gasteiger partial charge on any atom is 0.263 e. The molecular weight excluding hydrogens is 384 g/mol. The van der Waals surface area contributed by atoms with E-state index in [0.717, 1.165) is 3.79 Å². The fourth-order valence-electron chi connectivity index (χ4n) is 1.56. The van der Waals surface area contributed by atoms with E-state index in [0.29, 0.717) is 10.4 Å². The van der Waals surface area contributed by atoms with Gasteiger partial charge >= 0.3 is 0 Å².